The van der Waals surface area contributed by atoms with Crippen LogP contribution in [0.3, 0.4) is 0 Å². The lowest BCUT2D eigenvalue weighted by Crippen LogP contribution is -1.92. The smallest absolute Gasteiger partial charge is 0.0841 e. The van der Waals surface area contributed by atoms with Gasteiger partial charge in [-0.25, -0.2) is 0 Å². The number of fused-ring (bicyclic) bond motifs is 1. The first-order valence-electron chi connectivity index (χ1n) is 6.42. The Hall–Kier alpha value is -2.46. The third-order valence-corrected chi connectivity index (χ3v) is 3.18. The molecule has 0 aliphatic carbocycles. The minimum absolute atomic E-state index is 0.724. The predicted octanol–water partition coefficient (Wildman–Crippen LogP) is 4.00. The van der Waals surface area contributed by atoms with Crippen LogP contribution in [0.5, 0.6) is 0 Å². The monoisotopic (exact) mass is 245 g/mol. The molecular formula is C18H15N. The number of aromatic nitrogens is 1. The number of nitrogens with zero attached hydrogens (tertiary/aromatic N) is 1. The lowest BCUT2D eigenvalue weighted by molar-refractivity contribution is 0.885. The Morgan fingerprint density at radius 3 is 2.68 bits per heavy atom. The number of hydrogen-bond donors (Lipinski definition) is 0. The van der Waals surface area contributed by atoms with Crippen molar-refractivity contribution in [3.8, 4) is 11.8 Å². The zero-order valence-electron chi connectivity index (χ0n) is 10.9. The van der Waals surface area contributed by atoms with Gasteiger partial charge in [0, 0.05) is 17.3 Å². The van der Waals surface area contributed by atoms with Crippen molar-refractivity contribution in [2.45, 2.75) is 13.5 Å². The van der Waals surface area contributed by atoms with Crippen molar-refractivity contribution < 1.29 is 0 Å². The Morgan fingerprint density at radius 2 is 1.84 bits per heavy atom. The summed E-state index contributed by atoms with van der Waals surface area (Å²) in [6, 6.07) is 18.7. The predicted molar refractivity (Wildman–Crippen MR) is 80.0 cm³/mol. The molecule has 1 aromatic heterocycles. The highest BCUT2D eigenvalue weighted by atomic mass is 14.9. The first kappa shape index (κ1) is 11.6. The maximum absolute atomic E-state index is 3.22. The van der Waals surface area contributed by atoms with Crippen LogP contribution in [0.4, 0.5) is 0 Å². The van der Waals surface area contributed by atoms with Gasteiger partial charge in [-0.3, -0.25) is 0 Å². The molecule has 0 aliphatic heterocycles. The zero-order valence-corrected chi connectivity index (χ0v) is 10.9. The molecule has 0 saturated heterocycles. The van der Waals surface area contributed by atoms with Crippen molar-refractivity contribution in [2.75, 3.05) is 0 Å². The van der Waals surface area contributed by atoms with Crippen LogP contribution in [0.2, 0.25) is 0 Å². The Bertz CT molecular complexity index is 754. The Labute approximate surface area is 113 Å². The Morgan fingerprint density at radius 1 is 1.00 bits per heavy atom. The molecule has 1 heterocycles. The van der Waals surface area contributed by atoms with Gasteiger partial charge in [-0.05, 0) is 42.6 Å². The molecule has 92 valence electrons. The second-order valence-electron chi connectivity index (χ2n) is 4.67. The first-order valence-corrected chi connectivity index (χ1v) is 6.42. The largest absolute Gasteiger partial charge is 0.336 e. The van der Waals surface area contributed by atoms with Crippen LogP contribution in [0.25, 0.3) is 10.9 Å². The molecular weight excluding hydrogens is 230 g/mol. The van der Waals surface area contributed by atoms with Crippen LogP contribution in [0.15, 0.2) is 60.8 Å². The molecule has 0 spiro atoms. The summed E-state index contributed by atoms with van der Waals surface area (Å²) >= 11 is 0. The van der Waals surface area contributed by atoms with Crippen LogP contribution in [-0.4, -0.2) is 4.57 Å². The van der Waals surface area contributed by atoms with Crippen molar-refractivity contribution >= 4 is 10.9 Å². The lowest BCUT2D eigenvalue weighted by atomic mass is 10.2. The van der Waals surface area contributed by atoms with Crippen LogP contribution < -0.4 is 0 Å². The average Bonchev–Trinajstić information content (AvgIpc) is 2.82. The summed E-state index contributed by atoms with van der Waals surface area (Å²) < 4.78 is 2.19. The molecule has 1 nitrogen and oxygen atoms in total. The van der Waals surface area contributed by atoms with Crippen molar-refractivity contribution in [3.05, 3.63) is 71.9 Å². The Kier molecular flexibility index (Phi) is 3.08. The topological polar surface area (TPSA) is 4.93 Å². The van der Waals surface area contributed by atoms with E-state index in [2.05, 4.69) is 53.8 Å². The van der Waals surface area contributed by atoms with Gasteiger partial charge in [0.25, 0.3) is 0 Å². The molecule has 0 unspecified atom stereocenters. The molecule has 0 radical (unpaired) electrons. The number of hydrogen-bond acceptors (Lipinski definition) is 0. The first-order chi connectivity index (χ1) is 9.33. The van der Waals surface area contributed by atoms with Gasteiger partial charge in [0.2, 0.25) is 0 Å². The molecule has 2 aromatic carbocycles. The second kappa shape index (κ2) is 5.04. The molecule has 0 aliphatic rings. The van der Waals surface area contributed by atoms with E-state index in [1.165, 1.54) is 16.5 Å². The molecule has 1 heteroatoms. The highest BCUT2D eigenvalue weighted by molar-refractivity contribution is 5.80. The summed E-state index contributed by atoms with van der Waals surface area (Å²) in [5.41, 5.74) is 3.60. The summed E-state index contributed by atoms with van der Waals surface area (Å²) in [5, 5.41) is 1.28. The van der Waals surface area contributed by atoms with Crippen LogP contribution in [-0.2, 0) is 6.54 Å². The molecule has 0 amide bonds. The van der Waals surface area contributed by atoms with E-state index in [0.29, 0.717) is 0 Å². The van der Waals surface area contributed by atoms with Crippen molar-refractivity contribution in [1.82, 2.24) is 4.57 Å². The van der Waals surface area contributed by atoms with Crippen molar-refractivity contribution in [2.24, 2.45) is 0 Å². The minimum atomic E-state index is 0.724. The van der Waals surface area contributed by atoms with E-state index in [0.717, 1.165) is 12.1 Å². The maximum Gasteiger partial charge on any atom is 0.0841 e. The molecule has 0 N–H and O–H groups in total. The van der Waals surface area contributed by atoms with Gasteiger partial charge in [-0.1, -0.05) is 41.7 Å². The van der Waals surface area contributed by atoms with Gasteiger partial charge in [0.15, 0.2) is 0 Å². The summed E-state index contributed by atoms with van der Waals surface area (Å²) in [6.45, 7) is 2.84. The third kappa shape index (κ3) is 2.53. The lowest BCUT2D eigenvalue weighted by Gasteiger charge is -2.00. The fourth-order valence-corrected chi connectivity index (χ4v) is 2.21. The van der Waals surface area contributed by atoms with E-state index >= 15 is 0 Å². The summed E-state index contributed by atoms with van der Waals surface area (Å²) in [6.07, 6.45) is 2.10. The van der Waals surface area contributed by atoms with Crippen molar-refractivity contribution in [3.63, 3.8) is 0 Å². The quantitative estimate of drug-likeness (QED) is 0.571. The SMILES string of the molecule is Cc1ccc2c(ccn2CC#Cc2ccccc2)c1. The summed E-state index contributed by atoms with van der Waals surface area (Å²) in [7, 11) is 0. The van der Waals surface area contributed by atoms with E-state index < -0.39 is 0 Å². The van der Waals surface area contributed by atoms with E-state index in [1.807, 2.05) is 30.3 Å². The van der Waals surface area contributed by atoms with Crippen LogP contribution in [0.1, 0.15) is 11.1 Å². The van der Waals surface area contributed by atoms with Gasteiger partial charge < -0.3 is 4.57 Å². The Balaban J connectivity index is 1.85. The summed E-state index contributed by atoms with van der Waals surface area (Å²) in [5.74, 6) is 6.41. The van der Waals surface area contributed by atoms with Gasteiger partial charge in [-0.15, -0.1) is 0 Å². The van der Waals surface area contributed by atoms with Gasteiger partial charge in [-0.2, -0.15) is 0 Å². The third-order valence-electron chi connectivity index (χ3n) is 3.18. The van der Waals surface area contributed by atoms with E-state index in [4.69, 9.17) is 0 Å². The minimum Gasteiger partial charge on any atom is -0.336 e. The fourth-order valence-electron chi connectivity index (χ4n) is 2.21. The van der Waals surface area contributed by atoms with Gasteiger partial charge in [0.05, 0.1) is 6.54 Å². The average molecular weight is 245 g/mol. The highest BCUT2D eigenvalue weighted by Gasteiger charge is 1.98. The van der Waals surface area contributed by atoms with E-state index in [-0.39, 0.29) is 0 Å². The van der Waals surface area contributed by atoms with Crippen LogP contribution >= 0.6 is 0 Å². The maximum atomic E-state index is 3.22. The highest BCUT2D eigenvalue weighted by Crippen LogP contribution is 2.16. The molecule has 3 aromatic rings. The molecule has 3 rings (SSSR count). The molecule has 0 saturated carbocycles. The summed E-state index contributed by atoms with van der Waals surface area (Å²) in [4.78, 5) is 0. The number of aryl methyl sites for hydroxylation is 1. The van der Waals surface area contributed by atoms with Gasteiger partial charge in [0.1, 0.15) is 0 Å². The van der Waals surface area contributed by atoms with Gasteiger partial charge >= 0.3 is 0 Å². The van der Waals surface area contributed by atoms with E-state index in [1.54, 1.807) is 0 Å². The standard InChI is InChI=1S/C18H15N/c1-15-9-10-18-17(14-15)11-13-19(18)12-5-8-16-6-3-2-4-7-16/h2-4,6-7,9-11,13-14H,12H2,1H3. The van der Waals surface area contributed by atoms with E-state index in [9.17, 15) is 0 Å². The normalized spacial score (nSPS) is 10.2. The molecule has 19 heavy (non-hydrogen) atoms. The number of rotatable bonds is 1. The van der Waals surface area contributed by atoms with Crippen molar-refractivity contribution in [1.29, 1.82) is 0 Å². The fraction of sp³-hybridized carbons (Fsp3) is 0.111. The molecule has 0 bridgehead atoms. The number of benzene rings is 2. The molecule has 0 fully saturated rings. The second-order valence-corrected chi connectivity index (χ2v) is 4.67. The van der Waals surface area contributed by atoms with Crippen LogP contribution in [0, 0.1) is 18.8 Å². The zero-order chi connectivity index (χ0) is 13.1. The molecule has 0 atom stereocenters.